The minimum Gasteiger partial charge on any atom is -0.298 e. The smallest absolute Gasteiger partial charge is 0.0739 e. The molecule has 0 aliphatic rings. The number of aryl methyl sites for hydroxylation is 2. The second kappa shape index (κ2) is 6.07. The highest BCUT2D eigenvalue weighted by Gasteiger charge is 2.12. The maximum Gasteiger partial charge on any atom is 0.0739 e. The van der Waals surface area contributed by atoms with Gasteiger partial charge < -0.3 is 0 Å². The van der Waals surface area contributed by atoms with Gasteiger partial charge in [-0.25, -0.2) is 0 Å². The topological polar surface area (TPSA) is 29.9 Å². The normalized spacial score (nSPS) is 12.4. The van der Waals surface area contributed by atoms with Crippen LogP contribution in [0.1, 0.15) is 31.7 Å². The number of terminal acetylenes is 1. The van der Waals surface area contributed by atoms with Crippen molar-refractivity contribution in [3.05, 3.63) is 15.9 Å². The van der Waals surface area contributed by atoms with E-state index in [1.54, 1.807) is 0 Å². The quantitative estimate of drug-likeness (QED) is 0.842. The van der Waals surface area contributed by atoms with Gasteiger partial charge in [0.2, 0.25) is 0 Å². The molecule has 0 saturated carbocycles. The summed E-state index contributed by atoms with van der Waals surface area (Å²) in [5.41, 5.74) is 2.18. The van der Waals surface area contributed by atoms with E-state index in [9.17, 15) is 0 Å². The molecule has 1 N–H and O–H groups in total. The van der Waals surface area contributed by atoms with E-state index in [0.717, 1.165) is 35.4 Å². The van der Waals surface area contributed by atoms with E-state index in [2.05, 4.69) is 46.1 Å². The molecule has 0 aromatic carbocycles. The van der Waals surface area contributed by atoms with Gasteiger partial charge in [0.25, 0.3) is 0 Å². The fraction of sp³-hybridized carbons (Fsp3) is 0.583. The zero-order chi connectivity index (χ0) is 12.1. The second-order valence-electron chi connectivity index (χ2n) is 3.67. The van der Waals surface area contributed by atoms with Crippen LogP contribution in [-0.2, 0) is 13.1 Å². The Morgan fingerprint density at radius 3 is 2.75 bits per heavy atom. The molecule has 1 unspecified atom stereocenters. The first-order chi connectivity index (χ1) is 7.63. The minimum absolute atomic E-state index is 0.132. The highest BCUT2D eigenvalue weighted by atomic mass is 79.9. The Morgan fingerprint density at radius 1 is 1.56 bits per heavy atom. The summed E-state index contributed by atoms with van der Waals surface area (Å²) in [7, 11) is 0. The average Bonchev–Trinajstić information content (AvgIpc) is 2.57. The second-order valence-corrected chi connectivity index (χ2v) is 4.46. The van der Waals surface area contributed by atoms with Crippen LogP contribution in [0.5, 0.6) is 0 Å². The number of nitrogens with one attached hydrogen (secondary N) is 1. The predicted molar refractivity (Wildman–Crippen MR) is 70.1 cm³/mol. The Labute approximate surface area is 106 Å². The van der Waals surface area contributed by atoms with Gasteiger partial charge in [-0.15, -0.1) is 6.42 Å². The van der Waals surface area contributed by atoms with Gasteiger partial charge in [0.15, 0.2) is 0 Å². The van der Waals surface area contributed by atoms with E-state index in [0.29, 0.717) is 0 Å². The minimum atomic E-state index is 0.132. The van der Waals surface area contributed by atoms with E-state index in [-0.39, 0.29) is 6.04 Å². The van der Waals surface area contributed by atoms with Gasteiger partial charge in [0, 0.05) is 13.1 Å². The molecule has 88 valence electrons. The van der Waals surface area contributed by atoms with Crippen LogP contribution in [0.4, 0.5) is 0 Å². The van der Waals surface area contributed by atoms with Gasteiger partial charge in [0.05, 0.1) is 21.9 Å². The number of hydrogen-bond acceptors (Lipinski definition) is 2. The summed E-state index contributed by atoms with van der Waals surface area (Å²) in [6, 6.07) is 0.132. The summed E-state index contributed by atoms with van der Waals surface area (Å²) >= 11 is 3.56. The van der Waals surface area contributed by atoms with Crippen LogP contribution in [0.2, 0.25) is 0 Å². The van der Waals surface area contributed by atoms with Gasteiger partial charge >= 0.3 is 0 Å². The number of hydrogen-bond donors (Lipinski definition) is 1. The lowest BCUT2D eigenvalue weighted by molar-refractivity contribution is 0.542. The van der Waals surface area contributed by atoms with Crippen molar-refractivity contribution >= 4 is 15.9 Å². The van der Waals surface area contributed by atoms with Crippen molar-refractivity contribution in [2.45, 2.75) is 46.3 Å². The van der Waals surface area contributed by atoms with Crippen molar-refractivity contribution in [1.82, 2.24) is 15.1 Å². The summed E-state index contributed by atoms with van der Waals surface area (Å²) < 4.78 is 3.07. The van der Waals surface area contributed by atoms with E-state index < -0.39 is 0 Å². The highest BCUT2D eigenvalue weighted by Crippen LogP contribution is 2.20. The molecule has 4 heteroatoms. The first kappa shape index (κ1) is 13.3. The van der Waals surface area contributed by atoms with E-state index >= 15 is 0 Å². The lowest BCUT2D eigenvalue weighted by Crippen LogP contribution is -2.27. The highest BCUT2D eigenvalue weighted by molar-refractivity contribution is 9.10. The van der Waals surface area contributed by atoms with Gasteiger partial charge in [-0.2, -0.15) is 5.10 Å². The molecule has 1 atom stereocenters. The Bertz CT molecular complexity index is 390. The molecule has 1 aromatic rings. The third-order valence-corrected chi connectivity index (χ3v) is 3.61. The van der Waals surface area contributed by atoms with Crippen molar-refractivity contribution in [2.24, 2.45) is 0 Å². The lowest BCUT2D eigenvalue weighted by Gasteiger charge is -2.11. The van der Waals surface area contributed by atoms with E-state index in [1.165, 1.54) is 0 Å². The molecule has 0 bridgehead atoms. The SMILES string of the molecule is C#CC(CC)NCc1c(Br)c(C)nn1CC. The number of nitrogens with zero attached hydrogens (tertiary/aromatic N) is 2. The largest absolute Gasteiger partial charge is 0.298 e. The van der Waals surface area contributed by atoms with Crippen LogP contribution >= 0.6 is 15.9 Å². The molecule has 16 heavy (non-hydrogen) atoms. The van der Waals surface area contributed by atoms with Crippen LogP contribution in [0.15, 0.2) is 4.47 Å². The summed E-state index contributed by atoms with van der Waals surface area (Å²) in [5, 5.41) is 7.77. The summed E-state index contributed by atoms with van der Waals surface area (Å²) in [6.07, 6.45) is 6.35. The molecule has 3 nitrogen and oxygen atoms in total. The van der Waals surface area contributed by atoms with Gasteiger partial charge in [-0.1, -0.05) is 12.8 Å². The number of rotatable bonds is 5. The first-order valence-electron chi connectivity index (χ1n) is 5.55. The summed E-state index contributed by atoms with van der Waals surface area (Å²) in [4.78, 5) is 0. The molecule has 1 aromatic heterocycles. The van der Waals surface area contributed by atoms with E-state index in [4.69, 9.17) is 6.42 Å². The van der Waals surface area contributed by atoms with Crippen LogP contribution in [0.3, 0.4) is 0 Å². The Morgan fingerprint density at radius 2 is 2.25 bits per heavy atom. The molecule has 0 amide bonds. The molecule has 0 aliphatic heterocycles. The molecule has 0 spiro atoms. The maximum atomic E-state index is 5.41. The Hall–Kier alpha value is -0.790. The molecule has 1 rings (SSSR count). The van der Waals surface area contributed by atoms with Crippen molar-refractivity contribution in [1.29, 1.82) is 0 Å². The zero-order valence-corrected chi connectivity index (χ0v) is 11.6. The third kappa shape index (κ3) is 2.87. The Balaban J connectivity index is 2.77. The lowest BCUT2D eigenvalue weighted by atomic mass is 10.2. The number of halogens is 1. The summed E-state index contributed by atoms with van der Waals surface area (Å²) in [5.74, 6) is 2.73. The van der Waals surface area contributed by atoms with Crippen LogP contribution in [-0.4, -0.2) is 15.8 Å². The van der Waals surface area contributed by atoms with Crippen molar-refractivity contribution in [2.75, 3.05) is 0 Å². The van der Waals surface area contributed by atoms with Crippen LogP contribution in [0.25, 0.3) is 0 Å². The van der Waals surface area contributed by atoms with Crippen LogP contribution in [0, 0.1) is 19.3 Å². The monoisotopic (exact) mass is 283 g/mol. The molecule has 0 radical (unpaired) electrons. The molecule has 1 heterocycles. The average molecular weight is 284 g/mol. The molecule has 0 saturated heterocycles. The molecule has 0 fully saturated rings. The van der Waals surface area contributed by atoms with Crippen molar-refractivity contribution < 1.29 is 0 Å². The molecular formula is C12H18BrN3. The predicted octanol–water partition coefficient (Wildman–Crippen LogP) is 2.48. The fourth-order valence-corrected chi connectivity index (χ4v) is 2.00. The van der Waals surface area contributed by atoms with Crippen LogP contribution < -0.4 is 5.32 Å². The van der Waals surface area contributed by atoms with Gasteiger partial charge in [-0.05, 0) is 36.2 Å². The standard InChI is InChI=1S/C12H18BrN3/c1-5-10(6-2)14-8-11-12(13)9(4)15-16(11)7-3/h1,10,14H,6-8H2,2-4H3. The summed E-state index contributed by atoms with van der Waals surface area (Å²) in [6.45, 7) is 7.78. The zero-order valence-electron chi connectivity index (χ0n) is 10.0. The van der Waals surface area contributed by atoms with Gasteiger partial charge in [-0.3, -0.25) is 10.00 Å². The maximum absolute atomic E-state index is 5.41. The Kier molecular flexibility index (Phi) is 5.04. The fourth-order valence-electron chi connectivity index (χ4n) is 1.58. The molecule has 0 aliphatic carbocycles. The number of aromatic nitrogens is 2. The van der Waals surface area contributed by atoms with Crippen molar-refractivity contribution in [3.8, 4) is 12.3 Å². The third-order valence-electron chi connectivity index (χ3n) is 2.58. The molecular weight excluding hydrogens is 266 g/mol. The van der Waals surface area contributed by atoms with Gasteiger partial charge in [0.1, 0.15) is 0 Å². The van der Waals surface area contributed by atoms with E-state index in [1.807, 2.05) is 11.6 Å². The van der Waals surface area contributed by atoms with Crippen molar-refractivity contribution in [3.63, 3.8) is 0 Å². The first-order valence-corrected chi connectivity index (χ1v) is 6.34.